The van der Waals surface area contributed by atoms with E-state index in [0.29, 0.717) is 19.5 Å². The van der Waals surface area contributed by atoms with Crippen molar-refractivity contribution in [3.8, 4) is 0 Å². The zero-order valence-electron chi connectivity index (χ0n) is 8.92. The number of hydrogen-bond donors (Lipinski definition) is 1. The molecule has 1 aliphatic rings. The van der Waals surface area contributed by atoms with E-state index in [-0.39, 0.29) is 5.91 Å². The van der Waals surface area contributed by atoms with Crippen LogP contribution in [-0.2, 0) is 17.5 Å². The highest BCUT2D eigenvalue weighted by Crippen LogP contribution is 2.29. The van der Waals surface area contributed by atoms with E-state index in [0.717, 1.165) is 17.7 Å². The third kappa shape index (κ3) is 2.97. The summed E-state index contributed by atoms with van der Waals surface area (Å²) in [6.45, 7) is 1.00. The van der Waals surface area contributed by atoms with Crippen LogP contribution in [0.3, 0.4) is 0 Å². The number of hydrogen-bond acceptors (Lipinski definition) is 2. The van der Waals surface area contributed by atoms with Gasteiger partial charge >= 0.3 is 6.18 Å². The molecule has 17 heavy (non-hydrogen) atoms. The van der Waals surface area contributed by atoms with Gasteiger partial charge in [0.2, 0.25) is 5.91 Å². The van der Waals surface area contributed by atoms with Gasteiger partial charge in [0, 0.05) is 19.5 Å². The Labute approximate surface area is 96.2 Å². The largest absolute Gasteiger partial charge is 0.416 e. The molecule has 92 valence electrons. The molecule has 1 fully saturated rings. The van der Waals surface area contributed by atoms with Crippen LogP contribution in [0.5, 0.6) is 0 Å². The second kappa shape index (κ2) is 4.37. The Balaban J connectivity index is 2.01. The van der Waals surface area contributed by atoms with E-state index in [4.69, 9.17) is 0 Å². The van der Waals surface area contributed by atoms with Crippen LogP contribution in [0.15, 0.2) is 24.3 Å². The van der Waals surface area contributed by atoms with E-state index < -0.39 is 11.7 Å². The third-order valence-electron chi connectivity index (χ3n) is 2.55. The van der Waals surface area contributed by atoms with Crippen LogP contribution in [0.2, 0.25) is 0 Å². The molecule has 6 heteroatoms. The molecule has 3 nitrogen and oxygen atoms in total. The summed E-state index contributed by atoms with van der Waals surface area (Å²) in [5.41, 5.74) is 2.70. The van der Waals surface area contributed by atoms with Gasteiger partial charge in [-0.15, -0.1) is 0 Å². The Morgan fingerprint density at radius 2 is 1.88 bits per heavy atom. The number of benzene rings is 1. The Bertz CT molecular complexity index is 414. The molecule has 1 aromatic rings. The van der Waals surface area contributed by atoms with Crippen molar-refractivity contribution < 1.29 is 18.0 Å². The molecular weight excluding hydrogens is 233 g/mol. The topological polar surface area (TPSA) is 32.3 Å². The van der Waals surface area contributed by atoms with Crippen molar-refractivity contribution in [3.63, 3.8) is 0 Å². The molecule has 1 saturated heterocycles. The van der Waals surface area contributed by atoms with E-state index in [1.807, 2.05) is 0 Å². The summed E-state index contributed by atoms with van der Waals surface area (Å²) in [5.74, 6) is -0.0584. The van der Waals surface area contributed by atoms with Crippen LogP contribution in [0.1, 0.15) is 17.5 Å². The van der Waals surface area contributed by atoms with E-state index >= 15 is 0 Å². The van der Waals surface area contributed by atoms with Gasteiger partial charge in [-0.25, -0.2) is 5.01 Å². The molecule has 0 aliphatic carbocycles. The Kier molecular flexibility index (Phi) is 3.06. The molecule has 0 spiro atoms. The third-order valence-corrected chi connectivity index (χ3v) is 2.55. The summed E-state index contributed by atoms with van der Waals surface area (Å²) in [6.07, 6.45) is -3.87. The van der Waals surface area contributed by atoms with Gasteiger partial charge in [-0.2, -0.15) is 13.2 Å². The van der Waals surface area contributed by atoms with Gasteiger partial charge in [0.1, 0.15) is 0 Å². The standard InChI is InChI=1S/C11H11F3N2O/c12-11(13,14)9-3-1-8(2-4-9)7-16-6-5-10(17)15-16/h1-4H,5-7H2,(H,15,17). The highest BCUT2D eigenvalue weighted by molar-refractivity contribution is 5.77. The fourth-order valence-corrected chi connectivity index (χ4v) is 1.66. The van der Waals surface area contributed by atoms with E-state index in [9.17, 15) is 18.0 Å². The number of carbonyl (C=O) groups is 1. The van der Waals surface area contributed by atoms with E-state index in [1.165, 1.54) is 12.1 Å². The van der Waals surface area contributed by atoms with Gasteiger partial charge in [-0.3, -0.25) is 10.2 Å². The highest BCUT2D eigenvalue weighted by Gasteiger charge is 2.30. The first-order valence-corrected chi connectivity index (χ1v) is 5.16. The minimum atomic E-state index is -4.31. The fraction of sp³-hybridized carbons (Fsp3) is 0.364. The van der Waals surface area contributed by atoms with Gasteiger partial charge in [0.15, 0.2) is 0 Å². The highest BCUT2D eigenvalue weighted by atomic mass is 19.4. The first-order chi connectivity index (χ1) is 7.95. The average Bonchev–Trinajstić information content (AvgIpc) is 2.63. The smallest absolute Gasteiger partial charge is 0.289 e. The molecule has 0 atom stereocenters. The van der Waals surface area contributed by atoms with Crippen molar-refractivity contribution in [2.24, 2.45) is 0 Å². The van der Waals surface area contributed by atoms with Gasteiger partial charge in [-0.1, -0.05) is 12.1 Å². The lowest BCUT2D eigenvalue weighted by Gasteiger charge is -2.15. The van der Waals surface area contributed by atoms with Crippen LogP contribution >= 0.6 is 0 Å². The van der Waals surface area contributed by atoms with Crippen molar-refractivity contribution in [2.45, 2.75) is 19.1 Å². The monoisotopic (exact) mass is 244 g/mol. The van der Waals surface area contributed by atoms with Gasteiger partial charge < -0.3 is 0 Å². The zero-order valence-corrected chi connectivity index (χ0v) is 8.92. The van der Waals surface area contributed by atoms with Gasteiger partial charge in [0.05, 0.1) is 5.56 Å². The summed E-state index contributed by atoms with van der Waals surface area (Å²) in [4.78, 5) is 10.9. The van der Waals surface area contributed by atoms with Crippen LogP contribution in [0, 0.1) is 0 Å². The second-order valence-corrected chi connectivity index (χ2v) is 3.90. The molecule has 0 saturated carbocycles. The number of amides is 1. The number of carbonyl (C=O) groups excluding carboxylic acids is 1. The average molecular weight is 244 g/mol. The maximum Gasteiger partial charge on any atom is 0.416 e. The minimum Gasteiger partial charge on any atom is -0.289 e. The molecule has 0 bridgehead atoms. The quantitative estimate of drug-likeness (QED) is 0.862. The lowest BCUT2D eigenvalue weighted by Crippen LogP contribution is -2.32. The number of nitrogens with one attached hydrogen (secondary N) is 1. The number of alkyl halides is 3. The van der Waals surface area contributed by atoms with Crippen molar-refractivity contribution in [2.75, 3.05) is 6.54 Å². The lowest BCUT2D eigenvalue weighted by atomic mass is 10.1. The van der Waals surface area contributed by atoms with E-state index in [2.05, 4.69) is 5.43 Å². The molecule has 0 aromatic heterocycles. The number of hydrazine groups is 1. The normalized spacial score (nSPS) is 17.2. The first-order valence-electron chi connectivity index (χ1n) is 5.16. The Hall–Kier alpha value is -1.56. The lowest BCUT2D eigenvalue weighted by molar-refractivity contribution is -0.137. The van der Waals surface area contributed by atoms with Crippen LogP contribution < -0.4 is 5.43 Å². The van der Waals surface area contributed by atoms with Gasteiger partial charge in [-0.05, 0) is 17.7 Å². The number of nitrogens with zero attached hydrogens (tertiary/aromatic N) is 1. The summed E-state index contributed by atoms with van der Waals surface area (Å²) in [7, 11) is 0. The number of rotatable bonds is 2. The molecule has 0 unspecified atom stereocenters. The maximum absolute atomic E-state index is 12.3. The molecule has 1 N–H and O–H groups in total. The fourth-order valence-electron chi connectivity index (χ4n) is 1.66. The van der Waals surface area contributed by atoms with Crippen molar-refractivity contribution >= 4 is 5.91 Å². The molecule has 1 amide bonds. The summed E-state index contributed by atoms with van der Waals surface area (Å²) < 4.78 is 36.9. The predicted octanol–water partition coefficient (Wildman–Crippen LogP) is 1.94. The predicted molar refractivity (Wildman–Crippen MR) is 54.6 cm³/mol. The second-order valence-electron chi connectivity index (χ2n) is 3.90. The van der Waals surface area contributed by atoms with Crippen LogP contribution in [0.4, 0.5) is 13.2 Å². The van der Waals surface area contributed by atoms with Crippen molar-refractivity contribution in [3.05, 3.63) is 35.4 Å². The molecule has 1 aliphatic heterocycles. The molecular formula is C11H11F3N2O. The maximum atomic E-state index is 12.3. The first kappa shape index (κ1) is 11.9. The van der Waals surface area contributed by atoms with Crippen molar-refractivity contribution in [1.82, 2.24) is 10.4 Å². The molecule has 1 aromatic carbocycles. The molecule has 0 radical (unpaired) electrons. The summed E-state index contributed by atoms with van der Waals surface area (Å²) >= 11 is 0. The van der Waals surface area contributed by atoms with Crippen LogP contribution in [-0.4, -0.2) is 17.5 Å². The number of halogens is 3. The van der Waals surface area contributed by atoms with Crippen LogP contribution in [0.25, 0.3) is 0 Å². The molecule has 1 heterocycles. The Morgan fingerprint density at radius 1 is 1.24 bits per heavy atom. The molecule has 2 rings (SSSR count). The minimum absolute atomic E-state index is 0.0584. The summed E-state index contributed by atoms with van der Waals surface area (Å²) in [5, 5.41) is 1.69. The SMILES string of the molecule is O=C1CCN(Cc2ccc(C(F)(F)F)cc2)N1. The van der Waals surface area contributed by atoms with E-state index in [1.54, 1.807) is 5.01 Å². The Morgan fingerprint density at radius 3 is 2.35 bits per heavy atom. The zero-order chi connectivity index (χ0) is 12.5. The van der Waals surface area contributed by atoms with Gasteiger partial charge in [0.25, 0.3) is 0 Å². The summed E-state index contributed by atoms with van der Waals surface area (Å²) in [6, 6.07) is 4.95. The van der Waals surface area contributed by atoms with Crippen molar-refractivity contribution in [1.29, 1.82) is 0 Å².